The summed E-state index contributed by atoms with van der Waals surface area (Å²) in [6, 6.07) is 7.82. The highest BCUT2D eigenvalue weighted by Crippen LogP contribution is 2.23. The molecule has 0 bridgehead atoms. The van der Waals surface area contributed by atoms with Crippen LogP contribution in [0.4, 0.5) is 4.79 Å². The number of piperidine rings is 1. The summed E-state index contributed by atoms with van der Waals surface area (Å²) in [7, 11) is 0. The predicted molar refractivity (Wildman–Crippen MR) is 91.0 cm³/mol. The van der Waals surface area contributed by atoms with Crippen molar-refractivity contribution in [3.05, 3.63) is 40.9 Å². The molecular weight excluding hydrogens is 298 g/mol. The first-order valence-electron chi connectivity index (χ1n) is 7.76. The van der Waals surface area contributed by atoms with Gasteiger partial charge in [0.25, 0.3) is 0 Å². The molecular formula is C18H24ClNO2. The van der Waals surface area contributed by atoms with Crippen LogP contribution in [-0.4, -0.2) is 29.7 Å². The second-order valence-corrected chi connectivity index (χ2v) is 7.09. The van der Waals surface area contributed by atoms with E-state index >= 15 is 0 Å². The van der Waals surface area contributed by atoms with E-state index < -0.39 is 5.60 Å². The van der Waals surface area contributed by atoms with Gasteiger partial charge in [-0.25, -0.2) is 4.79 Å². The average molecular weight is 322 g/mol. The van der Waals surface area contributed by atoms with E-state index in [0.29, 0.717) is 5.92 Å². The van der Waals surface area contributed by atoms with Gasteiger partial charge in [0, 0.05) is 18.1 Å². The third-order valence-corrected chi connectivity index (χ3v) is 3.99. The molecule has 0 N–H and O–H groups in total. The zero-order valence-electron chi connectivity index (χ0n) is 13.5. The molecule has 0 radical (unpaired) electrons. The van der Waals surface area contributed by atoms with Crippen LogP contribution in [0.15, 0.2) is 30.3 Å². The molecule has 0 saturated carbocycles. The largest absolute Gasteiger partial charge is 0.444 e. The van der Waals surface area contributed by atoms with Crippen LogP contribution in [0.5, 0.6) is 0 Å². The molecule has 4 heteroatoms. The second-order valence-electron chi connectivity index (χ2n) is 6.69. The van der Waals surface area contributed by atoms with Crippen molar-refractivity contribution in [3.8, 4) is 0 Å². The first kappa shape index (κ1) is 16.9. The van der Waals surface area contributed by atoms with E-state index in [9.17, 15) is 4.79 Å². The van der Waals surface area contributed by atoms with Gasteiger partial charge in [0.1, 0.15) is 5.60 Å². The highest BCUT2D eigenvalue weighted by atomic mass is 35.5. The number of allylic oxidation sites excluding steroid dienone is 1. The van der Waals surface area contributed by atoms with E-state index in [2.05, 4.69) is 12.2 Å². The van der Waals surface area contributed by atoms with Crippen molar-refractivity contribution in [1.29, 1.82) is 0 Å². The van der Waals surface area contributed by atoms with Gasteiger partial charge in [-0.05, 0) is 51.2 Å². The maximum absolute atomic E-state index is 12.0. The monoisotopic (exact) mass is 321 g/mol. The standard InChI is InChI=1S/C18H24ClNO2/c1-18(2,3)22-17(21)20-12-10-14(11-13-20)8-9-15-6-4-5-7-16(15)19/h4-9,14H,10-13H2,1-3H3/b9-8+. The van der Waals surface area contributed by atoms with Crippen LogP contribution in [0.1, 0.15) is 39.2 Å². The third kappa shape index (κ3) is 5.06. The number of carbonyl (C=O) groups excluding carboxylic acids is 1. The smallest absolute Gasteiger partial charge is 0.410 e. The molecule has 0 unspecified atom stereocenters. The van der Waals surface area contributed by atoms with Crippen molar-refractivity contribution < 1.29 is 9.53 Å². The summed E-state index contributed by atoms with van der Waals surface area (Å²) in [6.45, 7) is 7.16. The number of hydrogen-bond acceptors (Lipinski definition) is 2. The van der Waals surface area contributed by atoms with Crippen LogP contribution in [0.2, 0.25) is 5.02 Å². The molecule has 1 aliphatic heterocycles. The molecule has 3 nitrogen and oxygen atoms in total. The fourth-order valence-electron chi connectivity index (χ4n) is 2.45. The van der Waals surface area contributed by atoms with Gasteiger partial charge in [-0.15, -0.1) is 0 Å². The zero-order chi connectivity index (χ0) is 16.2. The Balaban J connectivity index is 1.85. The summed E-state index contributed by atoms with van der Waals surface area (Å²) >= 11 is 6.15. The quantitative estimate of drug-likeness (QED) is 0.767. The lowest BCUT2D eigenvalue weighted by Gasteiger charge is -2.32. The van der Waals surface area contributed by atoms with Gasteiger partial charge in [0.2, 0.25) is 0 Å². The Morgan fingerprint density at radius 2 is 1.91 bits per heavy atom. The van der Waals surface area contributed by atoms with Crippen molar-refractivity contribution in [1.82, 2.24) is 4.90 Å². The number of ether oxygens (including phenoxy) is 1. The summed E-state index contributed by atoms with van der Waals surface area (Å²) < 4.78 is 5.41. The fraction of sp³-hybridized carbons (Fsp3) is 0.500. The Morgan fingerprint density at radius 3 is 2.50 bits per heavy atom. The number of carbonyl (C=O) groups is 1. The van der Waals surface area contributed by atoms with Crippen molar-refractivity contribution >= 4 is 23.8 Å². The summed E-state index contributed by atoms with van der Waals surface area (Å²) in [6.07, 6.45) is 5.99. The molecule has 1 fully saturated rings. The summed E-state index contributed by atoms with van der Waals surface area (Å²) in [5.74, 6) is 0.481. The van der Waals surface area contributed by atoms with Crippen LogP contribution in [0.3, 0.4) is 0 Å². The number of amides is 1. The molecule has 2 rings (SSSR count). The van der Waals surface area contributed by atoms with Crippen LogP contribution >= 0.6 is 11.6 Å². The van der Waals surface area contributed by atoms with Crippen LogP contribution < -0.4 is 0 Å². The fourth-order valence-corrected chi connectivity index (χ4v) is 2.65. The SMILES string of the molecule is CC(C)(C)OC(=O)N1CCC(/C=C/c2ccccc2Cl)CC1. The Hall–Kier alpha value is -1.48. The van der Waals surface area contributed by atoms with Crippen molar-refractivity contribution in [3.63, 3.8) is 0 Å². The minimum Gasteiger partial charge on any atom is -0.444 e. The normalized spacial score (nSPS) is 17.0. The van der Waals surface area contributed by atoms with E-state index in [0.717, 1.165) is 36.5 Å². The minimum absolute atomic E-state index is 0.207. The van der Waals surface area contributed by atoms with E-state index in [4.69, 9.17) is 16.3 Å². The molecule has 1 amide bonds. The zero-order valence-corrected chi connectivity index (χ0v) is 14.3. The third-order valence-electron chi connectivity index (χ3n) is 3.64. The molecule has 120 valence electrons. The number of hydrogen-bond donors (Lipinski definition) is 0. The van der Waals surface area contributed by atoms with Crippen molar-refractivity contribution in [2.24, 2.45) is 5.92 Å². The lowest BCUT2D eigenvalue weighted by Crippen LogP contribution is -2.41. The van der Waals surface area contributed by atoms with Gasteiger partial charge in [-0.1, -0.05) is 42.0 Å². The van der Waals surface area contributed by atoms with Crippen molar-refractivity contribution in [2.45, 2.75) is 39.2 Å². The van der Waals surface area contributed by atoms with E-state index in [1.807, 2.05) is 45.0 Å². The molecule has 1 heterocycles. The topological polar surface area (TPSA) is 29.5 Å². The molecule has 22 heavy (non-hydrogen) atoms. The van der Waals surface area contributed by atoms with Crippen molar-refractivity contribution in [2.75, 3.05) is 13.1 Å². The Bertz CT molecular complexity index is 540. The molecule has 1 saturated heterocycles. The van der Waals surface area contributed by atoms with Gasteiger partial charge in [-0.3, -0.25) is 0 Å². The minimum atomic E-state index is -0.433. The molecule has 0 aromatic heterocycles. The summed E-state index contributed by atoms with van der Waals surface area (Å²) in [5.41, 5.74) is 0.608. The molecule has 1 aromatic rings. The molecule has 0 aliphatic carbocycles. The van der Waals surface area contributed by atoms with E-state index in [-0.39, 0.29) is 6.09 Å². The molecule has 0 atom stereocenters. The first-order chi connectivity index (χ1) is 10.3. The predicted octanol–water partition coefficient (Wildman–Crippen LogP) is 5.00. The van der Waals surface area contributed by atoms with Gasteiger partial charge in [0.05, 0.1) is 0 Å². The number of likely N-dealkylation sites (tertiary alicyclic amines) is 1. The molecule has 0 spiro atoms. The summed E-state index contributed by atoms with van der Waals surface area (Å²) in [4.78, 5) is 13.8. The Kier molecular flexibility index (Phi) is 5.52. The van der Waals surface area contributed by atoms with Gasteiger partial charge >= 0.3 is 6.09 Å². The van der Waals surface area contributed by atoms with Crippen LogP contribution in [0, 0.1) is 5.92 Å². The average Bonchev–Trinajstić information content (AvgIpc) is 2.45. The highest BCUT2D eigenvalue weighted by Gasteiger charge is 2.25. The summed E-state index contributed by atoms with van der Waals surface area (Å²) in [5, 5.41) is 0.768. The Labute approximate surface area is 137 Å². The Morgan fingerprint density at radius 1 is 1.27 bits per heavy atom. The maximum Gasteiger partial charge on any atom is 0.410 e. The lowest BCUT2D eigenvalue weighted by atomic mass is 9.96. The van der Waals surface area contributed by atoms with Crippen LogP contribution in [-0.2, 0) is 4.74 Å². The van der Waals surface area contributed by atoms with Gasteiger partial charge in [-0.2, -0.15) is 0 Å². The van der Waals surface area contributed by atoms with Gasteiger partial charge < -0.3 is 9.64 Å². The van der Waals surface area contributed by atoms with E-state index in [1.165, 1.54) is 0 Å². The number of rotatable bonds is 2. The molecule has 1 aliphatic rings. The lowest BCUT2D eigenvalue weighted by molar-refractivity contribution is 0.0197. The second kappa shape index (κ2) is 7.19. The number of benzene rings is 1. The van der Waals surface area contributed by atoms with Crippen LogP contribution in [0.25, 0.3) is 6.08 Å². The maximum atomic E-state index is 12.0. The van der Waals surface area contributed by atoms with Gasteiger partial charge in [0.15, 0.2) is 0 Å². The number of halogens is 1. The van der Waals surface area contributed by atoms with E-state index in [1.54, 1.807) is 4.90 Å². The first-order valence-corrected chi connectivity index (χ1v) is 8.13. The number of nitrogens with zero attached hydrogens (tertiary/aromatic N) is 1. The highest BCUT2D eigenvalue weighted by molar-refractivity contribution is 6.32. The molecule has 1 aromatic carbocycles.